The van der Waals surface area contributed by atoms with Crippen LogP contribution in [0.2, 0.25) is 0 Å². The SMILES string of the molecule is CCOc1ccc(-c2nc(C3=CC4C=CNC4C=C3)no2)cc1OCC. The second-order valence-electron chi connectivity index (χ2n) is 6.06. The Bertz CT molecular complexity index is 882. The van der Waals surface area contributed by atoms with E-state index >= 15 is 0 Å². The Kier molecular flexibility index (Phi) is 4.48. The summed E-state index contributed by atoms with van der Waals surface area (Å²) < 4.78 is 16.8. The number of hydrogen-bond donors (Lipinski definition) is 1. The molecule has 2 heterocycles. The van der Waals surface area contributed by atoms with Gasteiger partial charge in [-0.15, -0.1) is 0 Å². The van der Waals surface area contributed by atoms with Crippen LogP contribution in [0.3, 0.4) is 0 Å². The van der Waals surface area contributed by atoms with Gasteiger partial charge < -0.3 is 19.3 Å². The van der Waals surface area contributed by atoms with Crippen LogP contribution >= 0.6 is 0 Å². The normalized spacial score (nSPS) is 20.5. The Morgan fingerprint density at radius 3 is 2.81 bits per heavy atom. The maximum absolute atomic E-state index is 5.67. The average Bonchev–Trinajstić information content (AvgIpc) is 3.32. The number of nitrogens with zero attached hydrogens (tertiary/aromatic N) is 2. The molecule has 0 spiro atoms. The monoisotopic (exact) mass is 351 g/mol. The van der Waals surface area contributed by atoms with Crippen molar-refractivity contribution in [2.24, 2.45) is 5.92 Å². The third kappa shape index (κ3) is 3.10. The largest absolute Gasteiger partial charge is 0.490 e. The van der Waals surface area contributed by atoms with E-state index < -0.39 is 0 Å². The maximum atomic E-state index is 5.67. The molecule has 1 aromatic heterocycles. The lowest BCUT2D eigenvalue weighted by atomic mass is 9.93. The van der Waals surface area contributed by atoms with Crippen molar-refractivity contribution < 1.29 is 14.0 Å². The highest BCUT2D eigenvalue weighted by atomic mass is 16.5. The minimum Gasteiger partial charge on any atom is -0.490 e. The van der Waals surface area contributed by atoms with Crippen molar-refractivity contribution in [1.29, 1.82) is 0 Å². The fourth-order valence-electron chi connectivity index (χ4n) is 3.11. The van der Waals surface area contributed by atoms with Gasteiger partial charge in [0.05, 0.1) is 19.3 Å². The van der Waals surface area contributed by atoms with Gasteiger partial charge in [0.25, 0.3) is 5.89 Å². The van der Waals surface area contributed by atoms with E-state index in [1.807, 2.05) is 44.3 Å². The van der Waals surface area contributed by atoms with Crippen LogP contribution in [0.15, 0.2) is 53.2 Å². The number of allylic oxidation sites excluding steroid dienone is 2. The Morgan fingerprint density at radius 2 is 1.96 bits per heavy atom. The molecule has 1 aliphatic carbocycles. The molecule has 26 heavy (non-hydrogen) atoms. The molecule has 134 valence electrons. The van der Waals surface area contributed by atoms with E-state index in [2.05, 4.69) is 33.7 Å². The van der Waals surface area contributed by atoms with Crippen LogP contribution in [0.25, 0.3) is 17.0 Å². The average molecular weight is 351 g/mol. The maximum Gasteiger partial charge on any atom is 0.258 e. The van der Waals surface area contributed by atoms with Crippen LogP contribution in [-0.2, 0) is 0 Å². The van der Waals surface area contributed by atoms with E-state index in [4.69, 9.17) is 14.0 Å². The molecule has 6 nitrogen and oxygen atoms in total. The Balaban J connectivity index is 1.61. The Labute approximate surface area is 152 Å². The van der Waals surface area contributed by atoms with E-state index in [1.54, 1.807) is 0 Å². The summed E-state index contributed by atoms with van der Waals surface area (Å²) in [4.78, 5) is 4.56. The molecule has 1 N–H and O–H groups in total. The molecule has 2 atom stereocenters. The fourth-order valence-corrected chi connectivity index (χ4v) is 3.11. The fraction of sp³-hybridized carbons (Fsp3) is 0.300. The molecule has 0 radical (unpaired) electrons. The van der Waals surface area contributed by atoms with E-state index in [1.165, 1.54) is 0 Å². The van der Waals surface area contributed by atoms with E-state index in [0.717, 1.165) is 11.1 Å². The first-order chi connectivity index (χ1) is 12.8. The molecule has 2 aliphatic rings. The van der Waals surface area contributed by atoms with Crippen LogP contribution in [0.4, 0.5) is 0 Å². The molecule has 0 bridgehead atoms. The van der Waals surface area contributed by atoms with Crippen LogP contribution in [0.1, 0.15) is 19.7 Å². The molecule has 6 heteroatoms. The summed E-state index contributed by atoms with van der Waals surface area (Å²) in [6.07, 6.45) is 10.4. The lowest BCUT2D eigenvalue weighted by molar-refractivity contribution is 0.288. The van der Waals surface area contributed by atoms with Crippen molar-refractivity contribution in [2.45, 2.75) is 19.9 Å². The first-order valence-corrected chi connectivity index (χ1v) is 8.85. The predicted octanol–water partition coefficient (Wildman–Crippen LogP) is 3.59. The van der Waals surface area contributed by atoms with Gasteiger partial charge in [0, 0.05) is 17.1 Å². The van der Waals surface area contributed by atoms with Crippen molar-refractivity contribution in [2.75, 3.05) is 13.2 Å². The molecule has 4 rings (SSSR count). The van der Waals surface area contributed by atoms with Gasteiger partial charge in [0.2, 0.25) is 5.82 Å². The smallest absolute Gasteiger partial charge is 0.258 e. The first kappa shape index (κ1) is 16.4. The van der Waals surface area contributed by atoms with Crippen molar-refractivity contribution in [3.63, 3.8) is 0 Å². The van der Waals surface area contributed by atoms with Gasteiger partial charge >= 0.3 is 0 Å². The predicted molar refractivity (Wildman–Crippen MR) is 98.7 cm³/mol. The number of rotatable bonds is 6. The number of ether oxygens (including phenoxy) is 2. The zero-order chi connectivity index (χ0) is 17.9. The molecule has 0 saturated carbocycles. The zero-order valence-electron chi connectivity index (χ0n) is 14.8. The minimum atomic E-state index is 0.324. The van der Waals surface area contributed by atoms with E-state index in [9.17, 15) is 0 Å². The first-order valence-electron chi connectivity index (χ1n) is 8.85. The van der Waals surface area contributed by atoms with Gasteiger partial charge in [-0.25, -0.2) is 0 Å². The molecule has 1 aliphatic heterocycles. The van der Waals surface area contributed by atoms with Crippen molar-refractivity contribution in [3.8, 4) is 23.0 Å². The van der Waals surface area contributed by atoms with E-state index in [-0.39, 0.29) is 0 Å². The third-order valence-electron chi connectivity index (χ3n) is 4.35. The number of benzene rings is 1. The molecule has 0 saturated heterocycles. The number of fused-ring (bicyclic) bond motifs is 1. The van der Waals surface area contributed by atoms with Crippen molar-refractivity contribution in [1.82, 2.24) is 15.5 Å². The molecular formula is C20H21N3O3. The van der Waals surface area contributed by atoms with E-state index in [0.29, 0.717) is 48.4 Å². The molecule has 0 amide bonds. The summed E-state index contributed by atoms with van der Waals surface area (Å²) in [5.74, 6) is 2.75. The molecule has 2 unspecified atom stereocenters. The minimum absolute atomic E-state index is 0.324. The second-order valence-corrected chi connectivity index (χ2v) is 6.06. The van der Waals surface area contributed by atoms with Gasteiger partial charge in [0.15, 0.2) is 11.5 Å². The van der Waals surface area contributed by atoms with Gasteiger partial charge in [0.1, 0.15) is 0 Å². The number of hydrogen-bond acceptors (Lipinski definition) is 6. The third-order valence-corrected chi connectivity index (χ3v) is 4.35. The molecule has 2 aromatic rings. The summed E-state index contributed by atoms with van der Waals surface area (Å²) in [6, 6.07) is 5.96. The summed E-state index contributed by atoms with van der Waals surface area (Å²) in [5, 5.41) is 7.44. The van der Waals surface area contributed by atoms with Gasteiger partial charge in [-0.3, -0.25) is 0 Å². The topological polar surface area (TPSA) is 69.4 Å². The lowest BCUT2D eigenvalue weighted by Gasteiger charge is -2.17. The Hall–Kier alpha value is -3.02. The number of aromatic nitrogens is 2. The van der Waals surface area contributed by atoms with Crippen LogP contribution in [0.5, 0.6) is 11.5 Å². The zero-order valence-corrected chi connectivity index (χ0v) is 14.8. The highest BCUT2D eigenvalue weighted by molar-refractivity contribution is 5.73. The molecule has 0 fully saturated rings. The van der Waals surface area contributed by atoms with Gasteiger partial charge in [-0.05, 0) is 38.2 Å². The van der Waals surface area contributed by atoms with Crippen molar-refractivity contribution >= 4 is 5.57 Å². The van der Waals surface area contributed by atoms with Gasteiger partial charge in [-0.2, -0.15) is 4.98 Å². The second kappa shape index (κ2) is 7.07. The quantitative estimate of drug-likeness (QED) is 0.858. The summed E-state index contributed by atoms with van der Waals surface area (Å²) in [7, 11) is 0. The summed E-state index contributed by atoms with van der Waals surface area (Å²) >= 11 is 0. The molecule has 1 aromatic carbocycles. The lowest BCUT2D eigenvalue weighted by Crippen LogP contribution is -2.24. The van der Waals surface area contributed by atoms with Crippen LogP contribution in [0, 0.1) is 5.92 Å². The highest BCUT2D eigenvalue weighted by Gasteiger charge is 2.23. The standard InChI is InChI=1S/C20H21N3O3/c1-3-24-17-8-6-15(12-18(17)25-4-2)20-22-19(23-26-20)14-5-7-16-13(11-14)9-10-21-16/h5-13,16,21H,3-4H2,1-2H3. The highest BCUT2D eigenvalue weighted by Crippen LogP contribution is 2.33. The number of nitrogens with one attached hydrogen (secondary N) is 1. The summed E-state index contributed by atoms with van der Waals surface area (Å²) in [6.45, 7) is 5.02. The summed E-state index contributed by atoms with van der Waals surface area (Å²) in [5.41, 5.74) is 1.77. The molecular weight excluding hydrogens is 330 g/mol. The van der Waals surface area contributed by atoms with Crippen LogP contribution < -0.4 is 14.8 Å². The van der Waals surface area contributed by atoms with Gasteiger partial charge in [-0.1, -0.05) is 29.5 Å². The van der Waals surface area contributed by atoms with Crippen LogP contribution in [-0.4, -0.2) is 29.4 Å². The van der Waals surface area contributed by atoms with Crippen molar-refractivity contribution in [3.05, 3.63) is 54.5 Å². The Morgan fingerprint density at radius 1 is 1.12 bits per heavy atom.